The van der Waals surface area contributed by atoms with Crippen molar-refractivity contribution in [3.05, 3.63) is 57.6 Å². The van der Waals surface area contributed by atoms with Crippen molar-refractivity contribution in [2.45, 2.75) is 6.92 Å². The summed E-state index contributed by atoms with van der Waals surface area (Å²) >= 11 is 0. The van der Waals surface area contributed by atoms with Crippen LogP contribution in [0.15, 0.2) is 36.4 Å². The minimum atomic E-state index is -0.594. The van der Waals surface area contributed by atoms with E-state index in [0.717, 1.165) is 11.3 Å². The summed E-state index contributed by atoms with van der Waals surface area (Å²) in [6.45, 7) is 3.12. The van der Waals surface area contributed by atoms with Crippen LogP contribution < -0.4 is 14.2 Å². The number of ether oxygens (including phenoxy) is 3. The zero-order valence-electron chi connectivity index (χ0n) is 15.1. The highest BCUT2D eigenvalue weighted by Crippen LogP contribution is 2.37. The first-order chi connectivity index (χ1) is 13.0. The maximum atomic E-state index is 12.7. The maximum Gasteiger partial charge on any atom is 0.286 e. The third kappa shape index (κ3) is 4.11. The van der Waals surface area contributed by atoms with Gasteiger partial charge in [0.05, 0.1) is 17.5 Å². The SMILES string of the molecule is Cc1ccccc1OCCN(C)C(=O)c1cc2c(cc1[N+](=O)[O-])OCCO2. The number of fused-ring (bicyclic) bond motifs is 1. The van der Waals surface area contributed by atoms with Crippen LogP contribution in [0.3, 0.4) is 0 Å². The number of amides is 1. The molecule has 0 N–H and O–H groups in total. The van der Waals surface area contributed by atoms with E-state index in [-0.39, 0.29) is 30.2 Å². The molecule has 0 saturated carbocycles. The Bertz CT molecular complexity index is 867. The van der Waals surface area contributed by atoms with Crippen LogP contribution in [0, 0.1) is 17.0 Å². The summed E-state index contributed by atoms with van der Waals surface area (Å²) in [5.74, 6) is 0.866. The topological polar surface area (TPSA) is 91.1 Å². The Hall–Kier alpha value is -3.29. The van der Waals surface area contributed by atoms with Crippen molar-refractivity contribution in [2.24, 2.45) is 0 Å². The van der Waals surface area contributed by atoms with Gasteiger partial charge in [-0.1, -0.05) is 18.2 Å². The van der Waals surface area contributed by atoms with Crippen LogP contribution in [0.25, 0.3) is 0 Å². The van der Waals surface area contributed by atoms with E-state index in [1.54, 1.807) is 7.05 Å². The molecule has 1 aliphatic rings. The average molecular weight is 372 g/mol. The number of nitro benzene ring substituents is 1. The maximum absolute atomic E-state index is 12.7. The molecule has 8 heteroatoms. The van der Waals surface area contributed by atoms with E-state index >= 15 is 0 Å². The number of likely N-dealkylation sites (N-methyl/N-ethyl adjacent to an activating group) is 1. The summed E-state index contributed by atoms with van der Waals surface area (Å²) in [7, 11) is 1.57. The molecule has 2 aromatic rings. The van der Waals surface area contributed by atoms with Gasteiger partial charge in [-0.2, -0.15) is 0 Å². The normalized spacial score (nSPS) is 12.4. The third-order valence-electron chi connectivity index (χ3n) is 4.21. The molecule has 0 unspecified atom stereocenters. The van der Waals surface area contributed by atoms with E-state index in [2.05, 4.69) is 0 Å². The largest absolute Gasteiger partial charge is 0.491 e. The molecule has 142 valence electrons. The molecule has 0 aromatic heterocycles. The van der Waals surface area contributed by atoms with Gasteiger partial charge in [0.25, 0.3) is 11.6 Å². The Morgan fingerprint density at radius 3 is 2.56 bits per heavy atom. The summed E-state index contributed by atoms with van der Waals surface area (Å²) < 4.78 is 16.5. The first-order valence-electron chi connectivity index (χ1n) is 8.49. The fourth-order valence-corrected chi connectivity index (χ4v) is 2.72. The summed E-state index contributed by atoms with van der Waals surface area (Å²) in [6.07, 6.45) is 0. The second-order valence-electron chi connectivity index (χ2n) is 6.11. The number of nitro groups is 1. The average Bonchev–Trinajstić information content (AvgIpc) is 2.67. The van der Waals surface area contributed by atoms with Crippen molar-refractivity contribution in [3.8, 4) is 17.2 Å². The van der Waals surface area contributed by atoms with Gasteiger partial charge in [0.1, 0.15) is 31.1 Å². The molecule has 0 radical (unpaired) electrons. The van der Waals surface area contributed by atoms with E-state index in [1.165, 1.54) is 17.0 Å². The summed E-state index contributed by atoms with van der Waals surface area (Å²) in [5, 5.41) is 11.4. The Balaban J connectivity index is 1.72. The Kier molecular flexibility index (Phi) is 5.44. The number of benzene rings is 2. The Morgan fingerprint density at radius 2 is 1.89 bits per heavy atom. The van der Waals surface area contributed by atoms with Gasteiger partial charge in [-0.15, -0.1) is 0 Å². The van der Waals surface area contributed by atoms with Crippen molar-refractivity contribution in [1.82, 2.24) is 4.90 Å². The quantitative estimate of drug-likeness (QED) is 0.572. The van der Waals surface area contributed by atoms with Crippen molar-refractivity contribution in [2.75, 3.05) is 33.4 Å². The van der Waals surface area contributed by atoms with Crippen LogP contribution in [-0.2, 0) is 0 Å². The minimum Gasteiger partial charge on any atom is -0.491 e. The number of aryl methyl sites for hydroxylation is 1. The molecule has 2 aromatic carbocycles. The van der Waals surface area contributed by atoms with Crippen molar-refractivity contribution in [3.63, 3.8) is 0 Å². The molecule has 1 heterocycles. The third-order valence-corrected chi connectivity index (χ3v) is 4.21. The monoisotopic (exact) mass is 372 g/mol. The predicted molar refractivity (Wildman–Crippen MR) is 97.7 cm³/mol. The molecule has 27 heavy (non-hydrogen) atoms. The lowest BCUT2D eigenvalue weighted by Crippen LogP contribution is -2.31. The second-order valence-corrected chi connectivity index (χ2v) is 6.11. The van der Waals surface area contributed by atoms with Gasteiger partial charge in [0.2, 0.25) is 0 Å². The zero-order valence-corrected chi connectivity index (χ0v) is 15.1. The minimum absolute atomic E-state index is 0.0392. The van der Waals surface area contributed by atoms with Gasteiger partial charge in [-0.3, -0.25) is 14.9 Å². The number of rotatable bonds is 6. The molecular weight excluding hydrogens is 352 g/mol. The lowest BCUT2D eigenvalue weighted by molar-refractivity contribution is -0.385. The van der Waals surface area contributed by atoms with Crippen LogP contribution in [0.5, 0.6) is 17.2 Å². The molecule has 1 aliphatic heterocycles. The highest BCUT2D eigenvalue weighted by atomic mass is 16.6. The van der Waals surface area contributed by atoms with Crippen LogP contribution in [0.1, 0.15) is 15.9 Å². The van der Waals surface area contributed by atoms with Crippen LogP contribution in [-0.4, -0.2) is 49.1 Å². The van der Waals surface area contributed by atoms with E-state index in [0.29, 0.717) is 19.0 Å². The van der Waals surface area contributed by atoms with Gasteiger partial charge in [0, 0.05) is 13.1 Å². The second kappa shape index (κ2) is 7.94. The lowest BCUT2D eigenvalue weighted by atomic mass is 10.1. The predicted octanol–water partition coefficient (Wildman–Crippen LogP) is 2.83. The fraction of sp³-hybridized carbons (Fsp3) is 0.316. The molecule has 1 amide bonds. The van der Waals surface area contributed by atoms with Crippen LogP contribution >= 0.6 is 0 Å². The van der Waals surface area contributed by atoms with Crippen LogP contribution in [0.2, 0.25) is 0 Å². The molecule has 0 atom stereocenters. The number of carbonyl (C=O) groups excluding carboxylic acids is 1. The van der Waals surface area contributed by atoms with Crippen molar-refractivity contribution >= 4 is 11.6 Å². The number of nitrogens with zero attached hydrogens (tertiary/aromatic N) is 2. The number of hydrogen-bond donors (Lipinski definition) is 0. The van der Waals surface area contributed by atoms with Crippen molar-refractivity contribution < 1.29 is 23.9 Å². The molecular formula is C19H20N2O6. The Morgan fingerprint density at radius 1 is 1.22 bits per heavy atom. The summed E-state index contributed by atoms with van der Waals surface area (Å²) in [4.78, 5) is 24.9. The Labute approximate surface area is 156 Å². The zero-order chi connectivity index (χ0) is 19.4. The highest BCUT2D eigenvalue weighted by Gasteiger charge is 2.28. The molecule has 0 saturated heterocycles. The van der Waals surface area contributed by atoms with Gasteiger partial charge in [-0.05, 0) is 18.6 Å². The fourth-order valence-electron chi connectivity index (χ4n) is 2.72. The number of carbonyl (C=O) groups is 1. The van der Waals surface area contributed by atoms with E-state index < -0.39 is 10.8 Å². The van der Waals surface area contributed by atoms with Gasteiger partial charge in [-0.25, -0.2) is 0 Å². The molecule has 0 bridgehead atoms. The highest BCUT2D eigenvalue weighted by molar-refractivity contribution is 5.99. The van der Waals surface area contributed by atoms with Gasteiger partial charge >= 0.3 is 0 Å². The molecule has 8 nitrogen and oxygen atoms in total. The van der Waals surface area contributed by atoms with Crippen molar-refractivity contribution in [1.29, 1.82) is 0 Å². The van der Waals surface area contributed by atoms with Crippen LogP contribution in [0.4, 0.5) is 5.69 Å². The molecule has 3 rings (SSSR count). The van der Waals surface area contributed by atoms with Gasteiger partial charge < -0.3 is 19.1 Å². The number of hydrogen-bond acceptors (Lipinski definition) is 6. The summed E-state index contributed by atoms with van der Waals surface area (Å²) in [5.41, 5.74) is 0.646. The molecule has 0 aliphatic carbocycles. The smallest absolute Gasteiger partial charge is 0.286 e. The van der Waals surface area contributed by atoms with E-state index in [4.69, 9.17) is 14.2 Å². The summed E-state index contributed by atoms with van der Waals surface area (Å²) in [6, 6.07) is 10.2. The number of para-hydroxylation sites is 1. The van der Waals surface area contributed by atoms with E-state index in [9.17, 15) is 14.9 Å². The van der Waals surface area contributed by atoms with Gasteiger partial charge in [0.15, 0.2) is 11.5 Å². The first kappa shape index (κ1) is 18.5. The molecule has 0 fully saturated rings. The standard InChI is InChI=1S/C19H20N2O6/c1-13-5-3-4-6-16(13)25-8-7-20(2)19(22)14-11-17-18(27-10-9-26-17)12-15(14)21(23)24/h3-6,11-12H,7-10H2,1-2H3. The van der Waals surface area contributed by atoms with E-state index in [1.807, 2.05) is 31.2 Å². The first-order valence-corrected chi connectivity index (χ1v) is 8.49. The lowest BCUT2D eigenvalue weighted by Gasteiger charge is -2.21. The molecule has 0 spiro atoms.